The topological polar surface area (TPSA) is 84.2 Å². The number of benzene rings is 1. The molecule has 1 rings (SSSR count). The highest BCUT2D eigenvalue weighted by molar-refractivity contribution is 5.94. The van der Waals surface area contributed by atoms with E-state index in [2.05, 4.69) is 10.6 Å². The van der Waals surface area contributed by atoms with Crippen molar-refractivity contribution in [3.8, 4) is 0 Å². The van der Waals surface area contributed by atoms with Gasteiger partial charge in [-0.2, -0.15) is 0 Å². The van der Waals surface area contributed by atoms with Gasteiger partial charge in [0.1, 0.15) is 0 Å². The number of rotatable bonds is 5. The summed E-state index contributed by atoms with van der Waals surface area (Å²) in [5, 5.41) is 5.42. The van der Waals surface area contributed by atoms with Gasteiger partial charge in [-0.25, -0.2) is 0 Å². The van der Waals surface area contributed by atoms with Gasteiger partial charge in [-0.3, -0.25) is 9.59 Å². The Bertz CT molecular complexity index is 512. The first-order valence-corrected chi connectivity index (χ1v) is 7.10. The Balaban J connectivity index is 0.00000441. The van der Waals surface area contributed by atoms with Gasteiger partial charge in [-0.15, -0.1) is 12.4 Å². The van der Waals surface area contributed by atoms with Crippen LogP contribution in [-0.4, -0.2) is 31.4 Å². The molecule has 1 aromatic rings. The largest absolute Gasteiger partial charge is 0.355 e. The van der Waals surface area contributed by atoms with Crippen molar-refractivity contribution >= 4 is 24.2 Å². The SMILES string of the molecule is CNC(=O)c1cccc(CCNC(=O)[C@@H](N)C(C)(C)C)c1.Cl. The lowest BCUT2D eigenvalue weighted by Crippen LogP contribution is -2.48. The minimum absolute atomic E-state index is 0. The zero-order chi connectivity index (χ0) is 16.0. The smallest absolute Gasteiger partial charge is 0.251 e. The number of carbonyl (C=O) groups excluding carboxylic acids is 2. The highest BCUT2D eigenvalue weighted by Gasteiger charge is 2.26. The van der Waals surface area contributed by atoms with Crippen LogP contribution in [0, 0.1) is 5.41 Å². The predicted octanol–water partition coefficient (Wildman–Crippen LogP) is 1.50. The first-order chi connectivity index (χ1) is 9.75. The Morgan fingerprint density at radius 3 is 2.45 bits per heavy atom. The van der Waals surface area contributed by atoms with Crippen molar-refractivity contribution in [2.45, 2.75) is 33.2 Å². The summed E-state index contributed by atoms with van der Waals surface area (Å²) in [6.45, 7) is 6.30. The first kappa shape index (κ1) is 20.4. The second kappa shape index (κ2) is 8.76. The number of hydrogen-bond donors (Lipinski definition) is 3. The van der Waals surface area contributed by atoms with Crippen molar-refractivity contribution in [3.63, 3.8) is 0 Å². The third-order valence-electron chi connectivity index (χ3n) is 3.34. The van der Waals surface area contributed by atoms with Gasteiger partial charge in [0.05, 0.1) is 6.04 Å². The van der Waals surface area contributed by atoms with Crippen LogP contribution in [0.4, 0.5) is 0 Å². The van der Waals surface area contributed by atoms with Gasteiger partial charge in [0.15, 0.2) is 0 Å². The number of nitrogens with two attached hydrogens (primary N) is 1. The molecule has 0 fully saturated rings. The van der Waals surface area contributed by atoms with Gasteiger partial charge >= 0.3 is 0 Å². The maximum atomic E-state index is 11.9. The molecule has 124 valence electrons. The highest BCUT2D eigenvalue weighted by atomic mass is 35.5. The molecule has 0 spiro atoms. The van der Waals surface area contributed by atoms with Gasteiger partial charge in [-0.1, -0.05) is 32.9 Å². The zero-order valence-electron chi connectivity index (χ0n) is 13.6. The minimum Gasteiger partial charge on any atom is -0.355 e. The molecule has 0 aromatic heterocycles. The van der Waals surface area contributed by atoms with E-state index in [9.17, 15) is 9.59 Å². The van der Waals surface area contributed by atoms with Crippen molar-refractivity contribution in [1.82, 2.24) is 10.6 Å². The van der Waals surface area contributed by atoms with E-state index in [4.69, 9.17) is 5.73 Å². The van der Waals surface area contributed by atoms with Gasteiger partial charge in [0.25, 0.3) is 5.91 Å². The first-order valence-electron chi connectivity index (χ1n) is 7.10. The molecule has 0 aliphatic carbocycles. The summed E-state index contributed by atoms with van der Waals surface area (Å²) in [4.78, 5) is 23.5. The highest BCUT2D eigenvalue weighted by Crippen LogP contribution is 2.17. The van der Waals surface area contributed by atoms with E-state index in [-0.39, 0.29) is 29.6 Å². The van der Waals surface area contributed by atoms with E-state index < -0.39 is 6.04 Å². The van der Waals surface area contributed by atoms with Crippen molar-refractivity contribution in [2.75, 3.05) is 13.6 Å². The van der Waals surface area contributed by atoms with Crippen molar-refractivity contribution in [3.05, 3.63) is 35.4 Å². The van der Waals surface area contributed by atoms with Crippen LogP contribution in [0.25, 0.3) is 0 Å². The molecule has 5 nitrogen and oxygen atoms in total. The third-order valence-corrected chi connectivity index (χ3v) is 3.34. The number of amides is 2. The summed E-state index contributed by atoms with van der Waals surface area (Å²) < 4.78 is 0. The Hall–Kier alpha value is -1.59. The van der Waals surface area contributed by atoms with Gasteiger partial charge in [0, 0.05) is 19.2 Å². The van der Waals surface area contributed by atoms with Crippen molar-refractivity contribution in [2.24, 2.45) is 11.1 Å². The average Bonchev–Trinajstić information content (AvgIpc) is 2.44. The molecule has 2 amide bonds. The molecular weight excluding hydrogens is 302 g/mol. The maximum absolute atomic E-state index is 11.9. The summed E-state index contributed by atoms with van der Waals surface area (Å²) in [7, 11) is 1.60. The fraction of sp³-hybridized carbons (Fsp3) is 0.500. The van der Waals surface area contributed by atoms with Gasteiger partial charge < -0.3 is 16.4 Å². The Labute approximate surface area is 138 Å². The van der Waals surface area contributed by atoms with E-state index in [0.29, 0.717) is 18.5 Å². The Morgan fingerprint density at radius 2 is 1.91 bits per heavy atom. The van der Waals surface area contributed by atoms with Crippen LogP contribution in [0.5, 0.6) is 0 Å². The summed E-state index contributed by atoms with van der Waals surface area (Å²) in [6, 6.07) is 6.82. The normalized spacial score (nSPS) is 12.0. The Kier molecular flexibility index (Phi) is 8.12. The summed E-state index contributed by atoms with van der Waals surface area (Å²) in [5.41, 5.74) is 7.25. The average molecular weight is 328 g/mol. The van der Waals surface area contributed by atoms with Crippen LogP contribution >= 0.6 is 12.4 Å². The van der Waals surface area contributed by atoms with E-state index in [1.54, 1.807) is 13.1 Å². The minimum atomic E-state index is -0.533. The monoisotopic (exact) mass is 327 g/mol. The van der Waals surface area contributed by atoms with Crippen molar-refractivity contribution < 1.29 is 9.59 Å². The van der Waals surface area contributed by atoms with Crippen LogP contribution in [0.1, 0.15) is 36.7 Å². The fourth-order valence-electron chi connectivity index (χ4n) is 1.85. The van der Waals surface area contributed by atoms with E-state index >= 15 is 0 Å². The molecule has 0 saturated carbocycles. The molecule has 4 N–H and O–H groups in total. The molecule has 1 atom stereocenters. The lowest BCUT2D eigenvalue weighted by atomic mass is 9.87. The zero-order valence-corrected chi connectivity index (χ0v) is 14.4. The molecule has 22 heavy (non-hydrogen) atoms. The number of carbonyl (C=O) groups is 2. The van der Waals surface area contributed by atoms with E-state index in [0.717, 1.165) is 5.56 Å². The van der Waals surface area contributed by atoms with Gasteiger partial charge in [0.2, 0.25) is 5.91 Å². The van der Waals surface area contributed by atoms with Crippen LogP contribution in [-0.2, 0) is 11.2 Å². The second-order valence-corrected chi connectivity index (χ2v) is 6.16. The van der Waals surface area contributed by atoms with E-state index in [1.807, 2.05) is 39.0 Å². The molecule has 6 heteroatoms. The lowest BCUT2D eigenvalue weighted by Gasteiger charge is -2.25. The Morgan fingerprint density at radius 1 is 1.27 bits per heavy atom. The van der Waals surface area contributed by atoms with E-state index in [1.165, 1.54) is 0 Å². The number of hydrogen-bond acceptors (Lipinski definition) is 3. The predicted molar refractivity (Wildman–Crippen MR) is 91.2 cm³/mol. The van der Waals surface area contributed by atoms with Crippen LogP contribution in [0.15, 0.2) is 24.3 Å². The van der Waals surface area contributed by atoms with Gasteiger partial charge in [-0.05, 0) is 29.5 Å². The van der Waals surface area contributed by atoms with Crippen molar-refractivity contribution in [1.29, 1.82) is 0 Å². The standard InChI is InChI=1S/C16H25N3O2.ClH/c1-16(2,3)13(17)15(21)19-9-8-11-6-5-7-12(10-11)14(20)18-4;/h5-7,10,13H,8-9,17H2,1-4H3,(H,18,20)(H,19,21);1H/t13-;/m1./s1. The lowest BCUT2D eigenvalue weighted by molar-refractivity contribution is -0.124. The molecule has 0 heterocycles. The maximum Gasteiger partial charge on any atom is 0.251 e. The number of halogens is 1. The quantitative estimate of drug-likeness (QED) is 0.766. The third kappa shape index (κ3) is 6.03. The molecule has 1 aromatic carbocycles. The fourth-order valence-corrected chi connectivity index (χ4v) is 1.85. The summed E-state index contributed by atoms with van der Waals surface area (Å²) >= 11 is 0. The summed E-state index contributed by atoms with van der Waals surface area (Å²) in [6.07, 6.45) is 0.660. The molecular formula is C16H26ClN3O2. The summed E-state index contributed by atoms with van der Waals surface area (Å²) in [5.74, 6) is -0.263. The molecule has 0 unspecified atom stereocenters. The van der Waals surface area contributed by atoms with Crippen LogP contribution < -0.4 is 16.4 Å². The van der Waals surface area contributed by atoms with Crippen LogP contribution in [0.2, 0.25) is 0 Å². The molecule has 0 aliphatic rings. The molecule has 0 saturated heterocycles. The second-order valence-electron chi connectivity index (χ2n) is 6.16. The molecule has 0 radical (unpaired) electrons. The van der Waals surface area contributed by atoms with Crippen LogP contribution in [0.3, 0.4) is 0 Å². The molecule has 0 bridgehead atoms. The molecule has 0 aliphatic heterocycles. The number of nitrogens with one attached hydrogen (secondary N) is 2.